The normalized spacial score (nSPS) is 16.2. The van der Waals surface area contributed by atoms with E-state index in [9.17, 15) is 14.7 Å². The number of nitrogens with zero attached hydrogens (tertiary/aromatic N) is 1. The van der Waals surface area contributed by atoms with E-state index < -0.39 is 5.97 Å². The molecule has 0 bridgehead atoms. The number of aliphatic hydroxyl groups is 1. The van der Waals surface area contributed by atoms with Gasteiger partial charge in [-0.1, -0.05) is 23.2 Å². The number of carbonyl (C=O) groups is 2. The fourth-order valence-corrected chi connectivity index (χ4v) is 2.97. The molecule has 6 nitrogen and oxygen atoms in total. The summed E-state index contributed by atoms with van der Waals surface area (Å²) >= 11 is 12.0. The van der Waals surface area contributed by atoms with Gasteiger partial charge in [0.05, 0.1) is 36.0 Å². The smallest absolute Gasteiger partial charge is 0.340 e. The summed E-state index contributed by atoms with van der Waals surface area (Å²) in [5, 5.41) is 12.6. The molecule has 8 heteroatoms. The summed E-state index contributed by atoms with van der Waals surface area (Å²) in [6.07, 6.45) is 0.982. The van der Waals surface area contributed by atoms with E-state index in [-0.39, 0.29) is 39.9 Å². The summed E-state index contributed by atoms with van der Waals surface area (Å²) in [5.74, 6) is -0.929. The summed E-state index contributed by atoms with van der Waals surface area (Å²) in [5.41, 5.74) is 0.289. The van der Waals surface area contributed by atoms with Crippen molar-refractivity contribution in [1.82, 2.24) is 4.90 Å². The third kappa shape index (κ3) is 4.81. The van der Waals surface area contributed by atoms with E-state index >= 15 is 0 Å². The number of methoxy groups -OCH3 is 1. The molecule has 1 aliphatic heterocycles. The molecule has 0 spiro atoms. The van der Waals surface area contributed by atoms with Crippen molar-refractivity contribution in [3.05, 3.63) is 27.7 Å². The van der Waals surface area contributed by atoms with Gasteiger partial charge in [0, 0.05) is 18.1 Å². The fraction of sp³-hybridized carbons (Fsp3) is 0.467. The number of hydrogen-bond acceptors (Lipinski definition) is 5. The maximum atomic E-state index is 12.2. The van der Waals surface area contributed by atoms with E-state index in [1.807, 2.05) is 4.90 Å². The zero-order chi connectivity index (χ0) is 17.0. The first-order valence-corrected chi connectivity index (χ1v) is 7.94. The molecule has 1 aliphatic rings. The minimum absolute atomic E-state index is 0.104. The van der Waals surface area contributed by atoms with Crippen LogP contribution in [0.1, 0.15) is 23.2 Å². The first-order valence-electron chi connectivity index (χ1n) is 7.18. The first-order chi connectivity index (χ1) is 10.9. The molecule has 1 saturated heterocycles. The molecule has 1 fully saturated rings. The molecule has 0 saturated carbocycles. The second-order valence-electron chi connectivity index (χ2n) is 5.36. The van der Waals surface area contributed by atoms with Crippen molar-refractivity contribution in [2.24, 2.45) is 0 Å². The molecule has 0 aliphatic carbocycles. The fourth-order valence-electron chi connectivity index (χ4n) is 2.43. The molecule has 1 aromatic rings. The standard InChI is InChI=1S/C15H18Cl2N2O4/c1-23-15(22)11-6-9(16)7-12(17)14(11)18-13(21)8-19-4-2-10(20)3-5-19/h6-7,10,20H,2-5,8H2,1H3,(H,18,21). The number of halogens is 2. The number of likely N-dealkylation sites (tertiary alicyclic amines) is 1. The maximum absolute atomic E-state index is 12.2. The number of carbonyl (C=O) groups excluding carboxylic acids is 2. The Kier molecular flexibility index (Phi) is 6.24. The Hall–Kier alpha value is -1.34. The highest BCUT2D eigenvalue weighted by molar-refractivity contribution is 6.37. The summed E-state index contributed by atoms with van der Waals surface area (Å²) < 4.78 is 4.68. The van der Waals surface area contributed by atoms with E-state index in [2.05, 4.69) is 10.1 Å². The molecule has 1 amide bonds. The van der Waals surface area contributed by atoms with E-state index in [1.54, 1.807) is 0 Å². The number of anilines is 1. The lowest BCUT2D eigenvalue weighted by atomic mass is 10.1. The molecule has 0 aromatic heterocycles. The van der Waals surface area contributed by atoms with Crippen LogP contribution in [-0.2, 0) is 9.53 Å². The van der Waals surface area contributed by atoms with Gasteiger partial charge in [-0.15, -0.1) is 0 Å². The van der Waals surface area contributed by atoms with Crippen LogP contribution in [0.5, 0.6) is 0 Å². The maximum Gasteiger partial charge on any atom is 0.340 e. The molecule has 126 valence electrons. The van der Waals surface area contributed by atoms with Crippen LogP contribution < -0.4 is 5.32 Å². The van der Waals surface area contributed by atoms with Crippen molar-refractivity contribution in [1.29, 1.82) is 0 Å². The van der Waals surface area contributed by atoms with Gasteiger partial charge in [-0.2, -0.15) is 0 Å². The second-order valence-corrected chi connectivity index (χ2v) is 6.20. The van der Waals surface area contributed by atoms with Crippen LogP contribution in [0.25, 0.3) is 0 Å². The highest BCUT2D eigenvalue weighted by Gasteiger charge is 2.22. The van der Waals surface area contributed by atoms with Gasteiger partial charge in [0.15, 0.2) is 0 Å². The molecule has 2 N–H and O–H groups in total. The third-order valence-electron chi connectivity index (χ3n) is 3.65. The SMILES string of the molecule is COC(=O)c1cc(Cl)cc(Cl)c1NC(=O)CN1CCC(O)CC1. The Bertz CT molecular complexity index is 601. The van der Waals surface area contributed by atoms with Gasteiger partial charge in [0.2, 0.25) is 5.91 Å². The van der Waals surface area contributed by atoms with Crippen LogP contribution in [0.15, 0.2) is 12.1 Å². The molecule has 1 heterocycles. The van der Waals surface area contributed by atoms with Gasteiger partial charge in [-0.3, -0.25) is 9.69 Å². The van der Waals surface area contributed by atoms with Gasteiger partial charge in [0.25, 0.3) is 0 Å². The Balaban J connectivity index is 2.09. The summed E-state index contributed by atoms with van der Waals surface area (Å²) in [4.78, 5) is 26.0. The molecular formula is C15H18Cl2N2O4. The van der Waals surface area contributed by atoms with Crippen molar-refractivity contribution in [3.63, 3.8) is 0 Å². The van der Waals surface area contributed by atoms with E-state index in [0.29, 0.717) is 25.9 Å². The molecule has 0 atom stereocenters. The predicted molar refractivity (Wildman–Crippen MR) is 88.1 cm³/mol. The third-order valence-corrected chi connectivity index (χ3v) is 4.17. The number of aliphatic hydroxyl groups excluding tert-OH is 1. The highest BCUT2D eigenvalue weighted by Crippen LogP contribution is 2.30. The molecule has 0 radical (unpaired) electrons. The van der Waals surface area contributed by atoms with Crippen molar-refractivity contribution in [3.8, 4) is 0 Å². The molecular weight excluding hydrogens is 343 g/mol. The van der Waals surface area contributed by atoms with Gasteiger partial charge >= 0.3 is 5.97 Å². The van der Waals surface area contributed by atoms with Crippen molar-refractivity contribution >= 4 is 40.8 Å². The van der Waals surface area contributed by atoms with E-state index in [0.717, 1.165) is 0 Å². The molecule has 23 heavy (non-hydrogen) atoms. The van der Waals surface area contributed by atoms with Gasteiger partial charge in [-0.25, -0.2) is 4.79 Å². The van der Waals surface area contributed by atoms with Crippen molar-refractivity contribution in [2.45, 2.75) is 18.9 Å². The van der Waals surface area contributed by atoms with Crippen LogP contribution in [-0.4, -0.2) is 54.7 Å². The number of benzene rings is 1. The molecule has 2 rings (SSSR count). The van der Waals surface area contributed by atoms with Crippen LogP contribution in [0.2, 0.25) is 10.0 Å². The minimum Gasteiger partial charge on any atom is -0.465 e. The largest absolute Gasteiger partial charge is 0.465 e. The number of rotatable bonds is 4. The lowest BCUT2D eigenvalue weighted by Gasteiger charge is -2.28. The first kappa shape index (κ1) is 18.0. The Labute approximate surface area is 144 Å². The Morgan fingerprint density at radius 1 is 1.35 bits per heavy atom. The zero-order valence-corrected chi connectivity index (χ0v) is 14.2. The number of ether oxygens (including phenoxy) is 1. The van der Waals surface area contributed by atoms with Gasteiger partial charge in [-0.05, 0) is 25.0 Å². The van der Waals surface area contributed by atoms with Crippen molar-refractivity contribution < 1.29 is 19.4 Å². The molecule has 1 aromatic carbocycles. The average molecular weight is 361 g/mol. The molecule has 0 unspecified atom stereocenters. The Morgan fingerprint density at radius 3 is 2.61 bits per heavy atom. The second kappa shape index (κ2) is 7.97. The van der Waals surface area contributed by atoms with Crippen LogP contribution in [0.3, 0.4) is 0 Å². The lowest BCUT2D eigenvalue weighted by Crippen LogP contribution is -2.40. The Morgan fingerprint density at radius 2 is 2.00 bits per heavy atom. The summed E-state index contributed by atoms with van der Waals surface area (Å²) in [6, 6.07) is 2.84. The van der Waals surface area contributed by atoms with Gasteiger partial charge < -0.3 is 15.2 Å². The highest BCUT2D eigenvalue weighted by atomic mass is 35.5. The van der Waals surface area contributed by atoms with E-state index in [1.165, 1.54) is 19.2 Å². The number of esters is 1. The van der Waals surface area contributed by atoms with Gasteiger partial charge in [0.1, 0.15) is 0 Å². The van der Waals surface area contributed by atoms with Crippen LogP contribution in [0, 0.1) is 0 Å². The van der Waals surface area contributed by atoms with Crippen molar-refractivity contribution in [2.75, 3.05) is 32.1 Å². The number of amides is 1. The topological polar surface area (TPSA) is 78.9 Å². The predicted octanol–water partition coefficient (Wildman–Crippen LogP) is 2.18. The van der Waals surface area contributed by atoms with E-state index in [4.69, 9.17) is 23.2 Å². The summed E-state index contributed by atoms with van der Waals surface area (Å²) in [6.45, 7) is 1.45. The summed E-state index contributed by atoms with van der Waals surface area (Å²) in [7, 11) is 1.24. The zero-order valence-electron chi connectivity index (χ0n) is 12.6. The number of piperidine rings is 1. The number of hydrogen-bond donors (Lipinski definition) is 2. The minimum atomic E-state index is -0.634. The van der Waals surface area contributed by atoms with Crippen LogP contribution >= 0.6 is 23.2 Å². The number of nitrogens with one attached hydrogen (secondary N) is 1. The monoisotopic (exact) mass is 360 g/mol. The quantitative estimate of drug-likeness (QED) is 0.804. The average Bonchev–Trinajstić information content (AvgIpc) is 2.51. The lowest BCUT2D eigenvalue weighted by molar-refractivity contribution is -0.117. The van der Waals surface area contributed by atoms with Crippen LogP contribution in [0.4, 0.5) is 5.69 Å².